The third kappa shape index (κ3) is 329. The zero-order chi connectivity index (χ0) is 13.5. The first-order valence-electron chi connectivity index (χ1n) is 2.19. The molecule has 0 heterocycles. The van der Waals surface area contributed by atoms with E-state index in [2.05, 4.69) is 0 Å². The fourth-order valence-corrected chi connectivity index (χ4v) is 0. The summed E-state index contributed by atoms with van der Waals surface area (Å²) in [4.78, 5) is 0. The average molecular weight is 747 g/mol. The van der Waals surface area contributed by atoms with E-state index >= 15 is 0 Å². The van der Waals surface area contributed by atoms with Crippen molar-refractivity contribution in [3.8, 4) is 0 Å². The van der Waals surface area contributed by atoms with Crippen LogP contribution in [-0.2, 0) is 9.05 Å². The van der Waals surface area contributed by atoms with Gasteiger partial charge in [-0.05, 0) is 0 Å². The van der Waals surface area contributed by atoms with Gasteiger partial charge in [0, 0.05) is 0 Å². The Morgan fingerprint density at radius 2 is 0.421 bits per heavy atom. The summed E-state index contributed by atoms with van der Waals surface area (Å²) in [6, 6.07) is 0. The van der Waals surface area contributed by atoms with E-state index in [0.29, 0.717) is 0 Å². The van der Waals surface area contributed by atoms with Crippen LogP contribution in [0.3, 0.4) is 0 Å². The summed E-state index contributed by atoms with van der Waals surface area (Å²) in [5.41, 5.74) is 0. The summed E-state index contributed by atoms with van der Waals surface area (Å²) in [7, 11) is 0. The van der Waals surface area contributed by atoms with Crippen LogP contribution in [-0.4, -0.2) is 193 Å². The molecule has 19 heavy (non-hydrogen) atoms. The second-order valence-electron chi connectivity index (χ2n) is 1.34. The standard InChI is InChI=1S/3Ca.Ga.12O.3Sb/q3*+2;+3;;;;9*-1;;;. The van der Waals surface area contributed by atoms with E-state index in [1.807, 2.05) is 0 Å². The minimum absolute atomic E-state index is 0. The molecule has 0 aliphatic carbocycles. The van der Waals surface area contributed by atoms with Crippen molar-refractivity contribution in [3.63, 3.8) is 0 Å². The number of hydrogen-bond acceptors (Lipinski definition) is 12. The third-order valence-corrected chi connectivity index (χ3v) is 0. The number of rotatable bonds is 0. The number of hydrogen-bond donors (Lipinski definition) is 0. The molecule has 96 valence electrons. The zero-order valence-electron chi connectivity index (χ0n) is 8.94. The van der Waals surface area contributed by atoms with Gasteiger partial charge in [-0.25, -0.2) is 0 Å². The molecule has 12 nitrogen and oxygen atoms in total. The normalized spacial score (nSPS) is 9.32. The van der Waals surface area contributed by atoms with E-state index in [1.165, 1.54) is 0 Å². The van der Waals surface area contributed by atoms with Crippen LogP contribution < -0.4 is 30.5 Å². The van der Waals surface area contributed by atoms with E-state index in [0.717, 1.165) is 0 Å². The minimum atomic E-state index is -6.10. The molecule has 0 rings (SSSR count). The Labute approximate surface area is 226 Å². The molecule has 0 saturated carbocycles. The van der Waals surface area contributed by atoms with Crippen molar-refractivity contribution in [1.82, 2.24) is 0 Å². The van der Waals surface area contributed by atoms with Crippen molar-refractivity contribution < 1.29 is 39.5 Å². The predicted molar refractivity (Wildman–Crippen MR) is 42.3 cm³/mol. The van der Waals surface area contributed by atoms with Gasteiger partial charge in [-0.1, -0.05) is 0 Å². The molecule has 0 N–H and O–H groups in total. The van der Waals surface area contributed by atoms with Crippen LogP contribution in [0, 0.1) is 0 Å². The summed E-state index contributed by atoms with van der Waals surface area (Å²) in [5, 5.41) is 0. The van der Waals surface area contributed by atoms with Crippen molar-refractivity contribution in [2.45, 2.75) is 0 Å². The van der Waals surface area contributed by atoms with Crippen LogP contribution in [0.5, 0.6) is 0 Å². The van der Waals surface area contributed by atoms with Crippen LogP contribution in [0.4, 0.5) is 0 Å². The zero-order valence-corrected chi connectivity index (χ0v) is 25.6. The molecule has 0 aromatic rings. The van der Waals surface area contributed by atoms with E-state index in [9.17, 15) is 0 Å². The van der Waals surface area contributed by atoms with Crippen molar-refractivity contribution >= 4 is 193 Å². The SMILES string of the molecule is [Ca+2].[Ca+2].[Ca+2].[Ga+3].[O]=[Sb]([O-])([O-])[O-].[O]=[Sb]([O-])([O-])[O-].[O]=[Sb]([O-])([O-])[O-]. The van der Waals surface area contributed by atoms with Crippen LogP contribution in [0.1, 0.15) is 0 Å². The van der Waals surface area contributed by atoms with Gasteiger partial charge >= 0.3 is 233 Å². The molecule has 19 heteroatoms. The molecule has 0 fully saturated rings. The molecule has 0 amide bonds. The van der Waals surface area contributed by atoms with Gasteiger partial charge in [-0.3, -0.25) is 0 Å². The molecule has 0 aromatic carbocycles. The van der Waals surface area contributed by atoms with Crippen molar-refractivity contribution in [2.24, 2.45) is 0 Å². The molecular formula is Ca3GaO12Sb3. The topological polar surface area (TPSA) is 259 Å². The van der Waals surface area contributed by atoms with Gasteiger partial charge in [-0.15, -0.1) is 0 Å². The monoisotopic (exact) mass is 743 g/mol. The van der Waals surface area contributed by atoms with Gasteiger partial charge < -0.3 is 0 Å². The molecule has 0 atom stereocenters. The van der Waals surface area contributed by atoms with Gasteiger partial charge in [0.25, 0.3) is 0 Å². The van der Waals surface area contributed by atoms with Gasteiger partial charge in [0.15, 0.2) is 0 Å². The molecule has 0 unspecified atom stereocenters. The van der Waals surface area contributed by atoms with E-state index in [-0.39, 0.29) is 133 Å². The summed E-state index contributed by atoms with van der Waals surface area (Å²) in [6.07, 6.45) is 0. The first-order chi connectivity index (χ1) is 6.00. The Bertz CT molecular complexity index is 214. The van der Waals surface area contributed by atoms with Crippen LogP contribution in [0.2, 0.25) is 0 Å². The second-order valence-corrected chi connectivity index (χ2v) is 9.00. The summed E-state index contributed by atoms with van der Waals surface area (Å²) >= 11 is -18.3. The van der Waals surface area contributed by atoms with Crippen LogP contribution in [0.25, 0.3) is 0 Å². The molecule has 0 aromatic heterocycles. The summed E-state index contributed by atoms with van der Waals surface area (Å²) in [5.74, 6) is 0. The molecular weight excluding hydrogens is 747 g/mol. The Balaban J connectivity index is -0.0000000206. The average Bonchev–Trinajstić information content (AvgIpc) is 1.41. The van der Waals surface area contributed by atoms with Gasteiger partial charge in [-0.2, -0.15) is 0 Å². The quantitative estimate of drug-likeness (QED) is 0.209. The first-order valence-corrected chi connectivity index (χ1v) is 14.7. The fourth-order valence-electron chi connectivity index (χ4n) is 0. The molecule has 0 aliphatic rings. The molecule has 0 radical (unpaired) electrons. The van der Waals surface area contributed by atoms with Crippen molar-refractivity contribution in [3.05, 3.63) is 0 Å². The fraction of sp³-hybridized carbons (Fsp3) is 0. The first kappa shape index (κ1) is 44.4. The van der Waals surface area contributed by atoms with E-state index < -0.39 is 60.2 Å². The third-order valence-electron chi connectivity index (χ3n) is 0. The van der Waals surface area contributed by atoms with E-state index in [1.54, 1.807) is 0 Å². The van der Waals surface area contributed by atoms with Crippen molar-refractivity contribution in [1.29, 1.82) is 0 Å². The molecule has 0 saturated heterocycles. The van der Waals surface area contributed by atoms with Gasteiger partial charge in [0.1, 0.15) is 0 Å². The van der Waals surface area contributed by atoms with Crippen LogP contribution in [0.15, 0.2) is 0 Å². The van der Waals surface area contributed by atoms with Gasteiger partial charge in [0.2, 0.25) is 0 Å². The molecule has 0 bridgehead atoms. The summed E-state index contributed by atoms with van der Waals surface area (Å²) < 4.78 is 104. The maximum atomic E-state index is 8.64. The second kappa shape index (κ2) is 22.0. The Morgan fingerprint density at radius 1 is 0.421 bits per heavy atom. The van der Waals surface area contributed by atoms with Crippen molar-refractivity contribution in [2.75, 3.05) is 0 Å². The van der Waals surface area contributed by atoms with Crippen LogP contribution >= 0.6 is 0 Å². The van der Waals surface area contributed by atoms with E-state index in [4.69, 9.17) is 39.5 Å². The Hall–Kier alpha value is 5.91. The molecule has 0 aliphatic heterocycles. The summed E-state index contributed by atoms with van der Waals surface area (Å²) in [6.45, 7) is 0. The Kier molecular flexibility index (Phi) is 51.3. The molecule has 0 spiro atoms. The predicted octanol–water partition coefficient (Wildman–Crippen LogP) is -13.7. The maximum absolute atomic E-state index is 8.64. The Morgan fingerprint density at radius 3 is 0.421 bits per heavy atom. The van der Waals surface area contributed by atoms with Gasteiger partial charge in [0.05, 0.1) is 0 Å².